The van der Waals surface area contributed by atoms with Crippen LogP contribution in [0, 0.1) is 5.82 Å². The third kappa shape index (κ3) is 2.09. The number of aliphatic hydroxyl groups excluding tert-OH is 1. The molecule has 92 valence electrons. The van der Waals surface area contributed by atoms with Crippen molar-refractivity contribution in [1.82, 2.24) is 0 Å². The summed E-state index contributed by atoms with van der Waals surface area (Å²) in [5, 5.41) is 9.70. The largest absolute Gasteiger partial charge is 0.467 e. The summed E-state index contributed by atoms with van der Waals surface area (Å²) < 4.78 is 28.2. The van der Waals surface area contributed by atoms with Crippen molar-refractivity contribution in [2.24, 2.45) is 0 Å². The molecule has 0 amide bonds. The second-order valence-electron chi connectivity index (χ2n) is 3.47. The van der Waals surface area contributed by atoms with Crippen LogP contribution in [-0.4, -0.2) is 25.0 Å². The second kappa shape index (κ2) is 4.68. The first-order valence-electron chi connectivity index (χ1n) is 4.93. The van der Waals surface area contributed by atoms with E-state index in [1.54, 1.807) is 0 Å². The molecule has 0 bridgehead atoms. The van der Waals surface area contributed by atoms with E-state index in [4.69, 9.17) is 9.47 Å². The van der Waals surface area contributed by atoms with E-state index in [0.717, 1.165) is 13.2 Å². The predicted molar refractivity (Wildman–Crippen MR) is 53.7 cm³/mol. The van der Waals surface area contributed by atoms with Crippen molar-refractivity contribution in [3.8, 4) is 5.75 Å². The number of carbonyl (C=O) groups excluding carboxylic acids is 1. The summed E-state index contributed by atoms with van der Waals surface area (Å²) in [5.41, 5.74) is 0.170. The fourth-order valence-corrected chi connectivity index (χ4v) is 1.67. The Balaban J connectivity index is 2.48. The van der Waals surface area contributed by atoms with Gasteiger partial charge in [-0.15, -0.1) is 0 Å². The standard InChI is InChI=1S/C11H11FO5/c1-15-11(14)10(13)9-6-4-16-5-17-8(6)3-2-7(9)12/h2-3,10,13H,4-5H2,1H3. The molecule has 0 spiro atoms. The summed E-state index contributed by atoms with van der Waals surface area (Å²) in [6, 6.07) is 2.56. The number of rotatable bonds is 2. The Labute approximate surface area is 96.7 Å². The van der Waals surface area contributed by atoms with Gasteiger partial charge in [0, 0.05) is 11.1 Å². The van der Waals surface area contributed by atoms with Crippen LogP contribution in [0.5, 0.6) is 5.75 Å². The highest BCUT2D eigenvalue weighted by Crippen LogP contribution is 2.32. The average molecular weight is 242 g/mol. The number of ether oxygens (including phenoxy) is 3. The van der Waals surface area contributed by atoms with E-state index in [2.05, 4.69) is 4.74 Å². The van der Waals surface area contributed by atoms with Gasteiger partial charge in [0.25, 0.3) is 0 Å². The zero-order valence-corrected chi connectivity index (χ0v) is 9.10. The Morgan fingerprint density at radius 3 is 3.06 bits per heavy atom. The van der Waals surface area contributed by atoms with Gasteiger partial charge in [-0.3, -0.25) is 0 Å². The van der Waals surface area contributed by atoms with Crippen molar-refractivity contribution in [1.29, 1.82) is 0 Å². The van der Waals surface area contributed by atoms with Gasteiger partial charge >= 0.3 is 5.97 Å². The van der Waals surface area contributed by atoms with Gasteiger partial charge in [-0.05, 0) is 12.1 Å². The maximum Gasteiger partial charge on any atom is 0.339 e. The minimum atomic E-state index is -1.68. The first-order valence-corrected chi connectivity index (χ1v) is 4.93. The normalized spacial score (nSPS) is 15.7. The Bertz CT molecular complexity index is 446. The molecule has 6 heteroatoms. The fraction of sp³-hybridized carbons (Fsp3) is 0.364. The molecule has 0 fully saturated rings. The summed E-state index contributed by atoms with van der Waals surface area (Å²) in [6.07, 6.45) is -1.68. The van der Waals surface area contributed by atoms with Gasteiger partial charge in [0.05, 0.1) is 13.7 Å². The second-order valence-corrected chi connectivity index (χ2v) is 3.47. The molecule has 1 heterocycles. The highest BCUT2D eigenvalue weighted by atomic mass is 19.1. The Morgan fingerprint density at radius 2 is 2.35 bits per heavy atom. The van der Waals surface area contributed by atoms with Crippen LogP contribution >= 0.6 is 0 Å². The van der Waals surface area contributed by atoms with Gasteiger partial charge in [0.1, 0.15) is 11.6 Å². The highest BCUT2D eigenvalue weighted by molar-refractivity contribution is 5.77. The molecule has 0 saturated heterocycles. The van der Waals surface area contributed by atoms with Gasteiger partial charge in [-0.1, -0.05) is 0 Å². The number of fused-ring (bicyclic) bond motifs is 1. The zero-order chi connectivity index (χ0) is 12.4. The molecule has 0 aromatic heterocycles. The molecule has 1 aliphatic rings. The smallest absolute Gasteiger partial charge is 0.339 e. The van der Waals surface area contributed by atoms with Crippen LogP contribution in [0.1, 0.15) is 17.2 Å². The maximum absolute atomic E-state index is 13.6. The van der Waals surface area contributed by atoms with Crippen LogP contribution in [0.25, 0.3) is 0 Å². The molecule has 2 rings (SSSR count). The minimum absolute atomic E-state index is 0.0619. The van der Waals surface area contributed by atoms with E-state index in [1.807, 2.05) is 0 Å². The lowest BCUT2D eigenvalue weighted by atomic mass is 10.0. The van der Waals surface area contributed by atoms with Crippen LogP contribution in [-0.2, 0) is 20.9 Å². The van der Waals surface area contributed by atoms with E-state index >= 15 is 0 Å². The number of aliphatic hydroxyl groups is 1. The minimum Gasteiger partial charge on any atom is -0.467 e. The van der Waals surface area contributed by atoms with Gasteiger partial charge in [0.15, 0.2) is 12.9 Å². The van der Waals surface area contributed by atoms with Gasteiger partial charge in [-0.25, -0.2) is 9.18 Å². The first kappa shape index (κ1) is 11.8. The molecule has 17 heavy (non-hydrogen) atoms. The summed E-state index contributed by atoms with van der Waals surface area (Å²) in [4.78, 5) is 11.2. The summed E-state index contributed by atoms with van der Waals surface area (Å²) in [5.74, 6) is -1.23. The maximum atomic E-state index is 13.6. The Kier molecular flexibility index (Phi) is 3.26. The van der Waals surface area contributed by atoms with Crippen LogP contribution in [0.4, 0.5) is 4.39 Å². The molecular formula is C11H11FO5. The number of carbonyl (C=O) groups is 1. The quantitative estimate of drug-likeness (QED) is 0.780. The third-order valence-corrected chi connectivity index (χ3v) is 2.50. The molecule has 1 aliphatic heterocycles. The van der Waals surface area contributed by atoms with Crippen molar-refractivity contribution in [3.63, 3.8) is 0 Å². The number of hydrogen-bond donors (Lipinski definition) is 1. The molecule has 1 unspecified atom stereocenters. The van der Waals surface area contributed by atoms with Crippen LogP contribution < -0.4 is 4.74 Å². The van der Waals surface area contributed by atoms with Crippen LogP contribution in [0.15, 0.2) is 12.1 Å². The Morgan fingerprint density at radius 1 is 1.59 bits per heavy atom. The van der Waals surface area contributed by atoms with Gasteiger partial charge < -0.3 is 19.3 Å². The molecule has 0 saturated carbocycles. The SMILES string of the molecule is COC(=O)C(O)c1c(F)ccc2c1COCO2. The molecule has 0 radical (unpaired) electrons. The first-order chi connectivity index (χ1) is 8.15. The molecule has 1 aromatic carbocycles. The van der Waals surface area contributed by atoms with E-state index in [0.29, 0.717) is 11.3 Å². The molecule has 1 N–H and O–H groups in total. The number of hydrogen-bond acceptors (Lipinski definition) is 5. The van der Waals surface area contributed by atoms with E-state index in [-0.39, 0.29) is 19.0 Å². The number of halogens is 1. The van der Waals surface area contributed by atoms with Crippen molar-refractivity contribution >= 4 is 5.97 Å². The molecular weight excluding hydrogens is 231 g/mol. The molecule has 5 nitrogen and oxygen atoms in total. The average Bonchev–Trinajstić information content (AvgIpc) is 2.37. The number of esters is 1. The van der Waals surface area contributed by atoms with E-state index < -0.39 is 17.9 Å². The van der Waals surface area contributed by atoms with E-state index in [9.17, 15) is 14.3 Å². The predicted octanol–water partition coefficient (Wildman–Crippen LogP) is 0.899. The third-order valence-electron chi connectivity index (χ3n) is 2.50. The molecule has 0 aliphatic carbocycles. The molecule has 1 aromatic rings. The summed E-state index contributed by atoms with van der Waals surface area (Å²) in [6.45, 7) is 0.142. The monoisotopic (exact) mass is 242 g/mol. The lowest BCUT2D eigenvalue weighted by Gasteiger charge is -2.22. The number of methoxy groups -OCH3 is 1. The van der Waals surface area contributed by atoms with E-state index in [1.165, 1.54) is 6.07 Å². The summed E-state index contributed by atoms with van der Waals surface area (Å²) in [7, 11) is 1.12. The van der Waals surface area contributed by atoms with Crippen molar-refractivity contribution < 1.29 is 28.5 Å². The van der Waals surface area contributed by atoms with Crippen LogP contribution in [0.2, 0.25) is 0 Å². The number of benzene rings is 1. The Hall–Kier alpha value is -1.66. The van der Waals surface area contributed by atoms with Gasteiger partial charge in [-0.2, -0.15) is 0 Å². The topological polar surface area (TPSA) is 65.0 Å². The zero-order valence-electron chi connectivity index (χ0n) is 9.10. The van der Waals surface area contributed by atoms with Crippen LogP contribution in [0.3, 0.4) is 0 Å². The lowest BCUT2D eigenvalue weighted by molar-refractivity contribution is -0.151. The molecule has 1 atom stereocenters. The van der Waals surface area contributed by atoms with Crippen molar-refractivity contribution in [3.05, 3.63) is 29.1 Å². The highest BCUT2D eigenvalue weighted by Gasteiger charge is 2.28. The summed E-state index contributed by atoms with van der Waals surface area (Å²) >= 11 is 0. The lowest BCUT2D eigenvalue weighted by Crippen LogP contribution is -2.20. The van der Waals surface area contributed by atoms with Gasteiger partial charge in [0.2, 0.25) is 0 Å². The van der Waals surface area contributed by atoms with Crippen molar-refractivity contribution in [2.75, 3.05) is 13.9 Å². The fourth-order valence-electron chi connectivity index (χ4n) is 1.67. The van der Waals surface area contributed by atoms with Crippen molar-refractivity contribution in [2.45, 2.75) is 12.7 Å².